The van der Waals surface area contributed by atoms with E-state index < -0.39 is 0 Å². The Kier molecular flexibility index (Phi) is 4.34. The maximum absolute atomic E-state index is 3.22. The van der Waals surface area contributed by atoms with Crippen LogP contribution in [0.3, 0.4) is 0 Å². The van der Waals surface area contributed by atoms with E-state index in [4.69, 9.17) is 0 Å². The summed E-state index contributed by atoms with van der Waals surface area (Å²) in [4.78, 5) is 0. The van der Waals surface area contributed by atoms with E-state index in [0.29, 0.717) is 5.41 Å². The SMILES string of the molecule is CNCCC(C)(C)Cc1ccccc1C. The molecule has 1 aromatic rings. The molecule has 0 fully saturated rings. The fraction of sp³-hybridized carbons (Fsp3) is 0.571. The molecular formula is C14H23N. The molecule has 0 atom stereocenters. The smallest absolute Gasteiger partial charge is 0.00467 e. The van der Waals surface area contributed by atoms with Crippen molar-refractivity contribution in [3.8, 4) is 0 Å². The summed E-state index contributed by atoms with van der Waals surface area (Å²) >= 11 is 0. The van der Waals surface area contributed by atoms with E-state index in [1.807, 2.05) is 7.05 Å². The number of rotatable bonds is 5. The van der Waals surface area contributed by atoms with Gasteiger partial charge in [0.2, 0.25) is 0 Å². The van der Waals surface area contributed by atoms with Gasteiger partial charge in [-0.1, -0.05) is 38.1 Å². The minimum Gasteiger partial charge on any atom is -0.320 e. The summed E-state index contributed by atoms with van der Waals surface area (Å²) < 4.78 is 0. The number of aryl methyl sites for hydroxylation is 1. The molecule has 0 bridgehead atoms. The molecule has 0 saturated heterocycles. The Morgan fingerprint density at radius 1 is 1.20 bits per heavy atom. The van der Waals surface area contributed by atoms with Gasteiger partial charge in [-0.15, -0.1) is 0 Å². The molecule has 0 spiro atoms. The van der Waals surface area contributed by atoms with Crippen molar-refractivity contribution in [1.82, 2.24) is 5.32 Å². The Morgan fingerprint density at radius 3 is 2.47 bits per heavy atom. The van der Waals surface area contributed by atoms with Gasteiger partial charge in [-0.25, -0.2) is 0 Å². The van der Waals surface area contributed by atoms with Gasteiger partial charge < -0.3 is 5.32 Å². The zero-order valence-electron chi connectivity index (χ0n) is 10.4. The molecular weight excluding hydrogens is 182 g/mol. The van der Waals surface area contributed by atoms with Gasteiger partial charge in [0.05, 0.1) is 0 Å². The first-order valence-corrected chi connectivity index (χ1v) is 5.74. The summed E-state index contributed by atoms with van der Waals surface area (Å²) in [6.07, 6.45) is 2.39. The van der Waals surface area contributed by atoms with E-state index in [0.717, 1.165) is 6.54 Å². The second-order valence-electron chi connectivity index (χ2n) is 5.12. The quantitative estimate of drug-likeness (QED) is 0.778. The van der Waals surface area contributed by atoms with Crippen molar-refractivity contribution in [3.05, 3.63) is 35.4 Å². The van der Waals surface area contributed by atoms with Crippen LogP contribution < -0.4 is 5.32 Å². The maximum Gasteiger partial charge on any atom is -0.00467 e. The van der Waals surface area contributed by atoms with Crippen molar-refractivity contribution in [2.45, 2.75) is 33.6 Å². The Hall–Kier alpha value is -0.820. The number of nitrogens with one attached hydrogen (secondary N) is 1. The van der Waals surface area contributed by atoms with Gasteiger partial charge in [-0.05, 0) is 49.9 Å². The highest BCUT2D eigenvalue weighted by molar-refractivity contribution is 5.26. The second kappa shape index (κ2) is 5.32. The van der Waals surface area contributed by atoms with Crippen molar-refractivity contribution in [2.24, 2.45) is 5.41 Å². The van der Waals surface area contributed by atoms with Gasteiger partial charge in [0.25, 0.3) is 0 Å². The van der Waals surface area contributed by atoms with Crippen molar-refractivity contribution < 1.29 is 0 Å². The van der Waals surface area contributed by atoms with Crippen molar-refractivity contribution >= 4 is 0 Å². The minimum atomic E-state index is 0.384. The topological polar surface area (TPSA) is 12.0 Å². The van der Waals surface area contributed by atoms with Crippen LogP contribution >= 0.6 is 0 Å². The van der Waals surface area contributed by atoms with Gasteiger partial charge in [-0.2, -0.15) is 0 Å². The number of hydrogen-bond donors (Lipinski definition) is 1. The Labute approximate surface area is 93.9 Å². The predicted molar refractivity (Wildman–Crippen MR) is 67.2 cm³/mol. The highest BCUT2D eigenvalue weighted by atomic mass is 14.8. The van der Waals surface area contributed by atoms with E-state index in [-0.39, 0.29) is 0 Å². The van der Waals surface area contributed by atoms with E-state index in [1.165, 1.54) is 24.0 Å². The van der Waals surface area contributed by atoms with Crippen LogP contribution in [-0.2, 0) is 6.42 Å². The van der Waals surface area contributed by atoms with Gasteiger partial charge in [0.1, 0.15) is 0 Å². The van der Waals surface area contributed by atoms with Gasteiger partial charge in [0.15, 0.2) is 0 Å². The summed E-state index contributed by atoms with van der Waals surface area (Å²) in [5.41, 5.74) is 3.28. The molecule has 0 aliphatic carbocycles. The second-order valence-corrected chi connectivity index (χ2v) is 5.12. The zero-order valence-corrected chi connectivity index (χ0v) is 10.4. The lowest BCUT2D eigenvalue weighted by Gasteiger charge is -2.25. The van der Waals surface area contributed by atoms with Crippen LogP contribution in [0, 0.1) is 12.3 Å². The van der Waals surface area contributed by atoms with Crippen molar-refractivity contribution in [3.63, 3.8) is 0 Å². The molecule has 0 heterocycles. The first-order valence-electron chi connectivity index (χ1n) is 5.74. The van der Waals surface area contributed by atoms with E-state index in [9.17, 15) is 0 Å². The average Bonchev–Trinajstić information content (AvgIpc) is 2.18. The minimum absolute atomic E-state index is 0.384. The van der Waals surface area contributed by atoms with E-state index in [2.05, 4.69) is 50.4 Å². The molecule has 84 valence electrons. The van der Waals surface area contributed by atoms with Crippen molar-refractivity contribution in [2.75, 3.05) is 13.6 Å². The summed E-state index contributed by atoms with van der Waals surface area (Å²) in [5.74, 6) is 0. The lowest BCUT2D eigenvalue weighted by Crippen LogP contribution is -2.22. The Bertz CT molecular complexity index is 302. The number of hydrogen-bond acceptors (Lipinski definition) is 1. The molecule has 0 aliphatic heterocycles. The molecule has 1 N–H and O–H groups in total. The first-order chi connectivity index (χ1) is 7.05. The summed E-state index contributed by atoms with van der Waals surface area (Å²) in [6, 6.07) is 8.69. The van der Waals surface area contributed by atoms with E-state index in [1.54, 1.807) is 0 Å². The lowest BCUT2D eigenvalue weighted by atomic mass is 9.81. The molecule has 1 aromatic carbocycles. The third-order valence-electron chi connectivity index (χ3n) is 2.98. The summed E-state index contributed by atoms with van der Waals surface area (Å²) in [7, 11) is 2.02. The monoisotopic (exact) mass is 205 g/mol. The van der Waals surface area contributed by atoms with Crippen LogP contribution in [0.5, 0.6) is 0 Å². The average molecular weight is 205 g/mol. The van der Waals surface area contributed by atoms with Crippen LogP contribution in [0.4, 0.5) is 0 Å². The van der Waals surface area contributed by atoms with Crippen LogP contribution in [0.2, 0.25) is 0 Å². The van der Waals surface area contributed by atoms with Gasteiger partial charge in [0, 0.05) is 0 Å². The van der Waals surface area contributed by atoms with E-state index >= 15 is 0 Å². The van der Waals surface area contributed by atoms with Gasteiger partial charge in [-0.3, -0.25) is 0 Å². The normalized spacial score (nSPS) is 11.7. The highest BCUT2D eigenvalue weighted by Gasteiger charge is 2.18. The summed E-state index contributed by atoms with van der Waals surface area (Å²) in [5, 5.41) is 3.22. The van der Waals surface area contributed by atoms with Crippen LogP contribution in [0.1, 0.15) is 31.4 Å². The van der Waals surface area contributed by atoms with Crippen molar-refractivity contribution in [1.29, 1.82) is 0 Å². The molecule has 0 unspecified atom stereocenters. The van der Waals surface area contributed by atoms with Gasteiger partial charge >= 0.3 is 0 Å². The molecule has 0 radical (unpaired) electrons. The summed E-state index contributed by atoms with van der Waals surface area (Å²) in [6.45, 7) is 7.98. The molecule has 0 aromatic heterocycles. The zero-order chi connectivity index (χ0) is 11.3. The molecule has 1 rings (SSSR count). The first kappa shape index (κ1) is 12.3. The lowest BCUT2D eigenvalue weighted by molar-refractivity contribution is 0.329. The van der Waals surface area contributed by atoms with Crippen LogP contribution in [0.15, 0.2) is 24.3 Å². The third-order valence-corrected chi connectivity index (χ3v) is 2.98. The Balaban J connectivity index is 2.64. The molecule has 1 nitrogen and oxygen atoms in total. The molecule has 0 saturated carbocycles. The molecule has 0 aliphatic rings. The fourth-order valence-electron chi connectivity index (χ4n) is 1.88. The predicted octanol–water partition coefficient (Wildman–Crippen LogP) is 3.17. The molecule has 1 heteroatoms. The fourth-order valence-corrected chi connectivity index (χ4v) is 1.88. The van der Waals surface area contributed by atoms with Crippen LogP contribution in [-0.4, -0.2) is 13.6 Å². The largest absolute Gasteiger partial charge is 0.320 e. The maximum atomic E-state index is 3.22. The number of benzene rings is 1. The highest BCUT2D eigenvalue weighted by Crippen LogP contribution is 2.26. The van der Waals surface area contributed by atoms with Crippen LogP contribution in [0.25, 0.3) is 0 Å². The molecule has 0 amide bonds. The third kappa shape index (κ3) is 4.05. The standard InChI is InChI=1S/C14H23N/c1-12-7-5-6-8-13(12)11-14(2,3)9-10-15-4/h5-8,15H,9-11H2,1-4H3. The molecule has 15 heavy (non-hydrogen) atoms. The Morgan fingerprint density at radius 2 is 1.87 bits per heavy atom.